The van der Waals surface area contributed by atoms with E-state index in [1.54, 1.807) is 4.90 Å². The molecule has 1 unspecified atom stereocenters. The Morgan fingerprint density at radius 3 is 2.52 bits per heavy atom. The third-order valence-electron chi connectivity index (χ3n) is 4.53. The van der Waals surface area contributed by atoms with Gasteiger partial charge in [-0.05, 0) is 31.4 Å². The van der Waals surface area contributed by atoms with Crippen molar-refractivity contribution < 1.29 is 23.5 Å². The van der Waals surface area contributed by atoms with Crippen molar-refractivity contribution in [2.75, 3.05) is 24.6 Å². The van der Waals surface area contributed by atoms with Gasteiger partial charge in [-0.3, -0.25) is 9.59 Å². The summed E-state index contributed by atoms with van der Waals surface area (Å²) in [6, 6.07) is 2.67. The van der Waals surface area contributed by atoms with Gasteiger partial charge in [0.25, 0.3) is 0 Å². The number of carbonyl (C=O) groups is 2. The molecule has 3 rings (SSSR count). The van der Waals surface area contributed by atoms with Gasteiger partial charge in [-0.2, -0.15) is 0 Å². The highest BCUT2D eigenvalue weighted by molar-refractivity contribution is 6.09. The first kappa shape index (κ1) is 15.9. The summed E-state index contributed by atoms with van der Waals surface area (Å²) in [5, 5.41) is 9.31. The van der Waals surface area contributed by atoms with E-state index in [-0.39, 0.29) is 30.8 Å². The molecule has 1 N–H and O–H groups in total. The van der Waals surface area contributed by atoms with Crippen molar-refractivity contribution >= 4 is 17.5 Å². The van der Waals surface area contributed by atoms with Gasteiger partial charge in [0.2, 0.25) is 11.8 Å². The second-order valence-corrected chi connectivity index (χ2v) is 5.97. The molecule has 2 fully saturated rings. The molecule has 5 nitrogen and oxygen atoms in total. The molecule has 2 heterocycles. The summed E-state index contributed by atoms with van der Waals surface area (Å²) in [5.74, 6) is -3.10. The number of likely N-dealkylation sites (tertiary alicyclic amines) is 1. The number of anilines is 1. The average molecular weight is 324 g/mol. The number of hydrogen-bond donors (Lipinski definition) is 1. The van der Waals surface area contributed by atoms with Gasteiger partial charge in [-0.25, -0.2) is 8.78 Å². The zero-order chi connectivity index (χ0) is 16.6. The third kappa shape index (κ3) is 2.93. The maximum absolute atomic E-state index is 13.3. The topological polar surface area (TPSA) is 60.9 Å². The van der Waals surface area contributed by atoms with E-state index in [1.165, 1.54) is 4.90 Å². The van der Waals surface area contributed by atoms with Crippen LogP contribution in [-0.2, 0) is 9.59 Å². The predicted molar refractivity (Wildman–Crippen MR) is 78.6 cm³/mol. The van der Waals surface area contributed by atoms with Gasteiger partial charge in [-0.15, -0.1) is 0 Å². The van der Waals surface area contributed by atoms with E-state index in [9.17, 15) is 23.5 Å². The Bertz CT molecular complexity index is 618. The minimum absolute atomic E-state index is 0.120. The van der Waals surface area contributed by atoms with Crippen molar-refractivity contribution in [1.82, 2.24) is 4.90 Å². The summed E-state index contributed by atoms with van der Waals surface area (Å²) in [4.78, 5) is 27.9. The normalized spacial score (nSPS) is 24.6. The fraction of sp³-hybridized carbons (Fsp3) is 0.500. The molecule has 1 aromatic carbocycles. The van der Waals surface area contributed by atoms with Gasteiger partial charge < -0.3 is 14.9 Å². The van der Waals surface area contributed by atoms with Gasteiger partial charge in [0.15, 0.2) is 0 Å². The quantitative estimate of drug-likeness (QED) is 0.853. The summed E-state index contributed by atoms with van der Waals surface area (Å²) in [5.41, 5.74) is 0.128. The van der Waals surface area contributed by atoms with Crippen LogP contribution in [0.2, 0.25) is 0 Å². The van der Waals surface area contributed by atoms with Crippen molar-refractivity contribution in [2.24, 2.45) is 5.92 Å². The highest BCUT2D eigenvalue weighted by atomic mass is 19.1. The van der Waals surface area contributed by atoms with Crippen molar-refractivity contribution in [1.29, 1.82) is 0 Å². The molecule has 0 radical (unpaired) electrons. The molecule has 2 saturated heterocycles. The molecule has 1 aromatic rings. The number of rotatable bonds is 3. The lowest BCUT2D eigenvalue weighted by molar-refractivity contribution is -0.141. The SMILES string of the molecule is O=C1C(C(=O)N2CCC[C@@H]2CO)CCN1c1cc(F)cc(F)c1. The minimum Gasteiger partial charge on any atom is -0.394 e. The molecule has 2 aliphatic heterocycles. The monoisotopic (exact) mass is 324 g/mol. The molecule has 7 heteroatoms. The van der Waals surface area contributed by atoms with E-state index in [1.807, 2.05) is 0 Å². The Labute approximate surface area is 132 Å². The molecule has 2 aliphatic rings. The highest BCUT2D eigenvalue weighted by Crippen LogP contribution is 2.29. The van der Waals surface area contributed by atoms with E-state index in [2.05, 4.69) is 0 Å². The zero-order valence-electron chi connectivity index (χ0n) is 12.5. The van der Waals surface area contributed by atoms with Crippen LogP contribution in [0.25, 0.3) is 0 Å². The van der Waals surface area contributed by atoms with Crippen LogP contribution in [0.4, 0.5) is 14.5 Å². The first-order valence-electron chi connectivity index (χ1n) is 7.70. The van der Waals surface area contributed by atoms with Gasteiger partial charge >= 0.3 is 0 Å². The lowest BCUT2D eigenvalue weighted by Gasteiger charge is -2.25. The fourth-order valence-electron chi connectivity index (χ4n) is 3.38. The average Bonchev–Trinajstić information content (AvgIpc) is 3.11. The van der Waals surface area contributed by atoms with Gasteiger partial charge in [0.05, 0.1) is 12.6 Å². The van der Waals surface area contributed by atoms with Crippen molar-refractivity contribution in [3.8, 4) is 0 Å². The van der Waals surface area contributed by atoms with E-state index in [0.717, 1.165) is 31.0 Å². The summed E-state index contributed by atoms with van der Waals surface area (Å²) >= 11 is 0. The molecule has 0 bridgehead atoms. The number of aliphatic hydroxyl groups excluding tert-OH is 1. The second kappa shape index (κ2) is 6.23. The lowest BCUT2D eigenvalue weighted by atomic mass is 10.1. The van der Waals surface area contributed by atoms with Crippen LogP contribution in [0.1, 0.15) is 19.3 Å². The fourth-order valence-corrected chi connectivity index (χ4v) is 3.38. The van der Waals surface area contributed by atoms with Gasteiger partial charge in [0.1, 0.15) is 17.6 Å². The molecule has 2 amide bonds. The van der Waals surface area contributed by atoms with E-state index in [0.29, 0.717) is 13.0 Å². The smallest absolute Gasteiger partial charge is 0.239 e. The second-order valence-electron chi connectivity index (χ2n) is 5.97. The van der Waals surface area contributed by atoms with Crippen LogP contribution >= 0.6 is 0 Å². The van der Waals surface area contributed by atoms with Crippen molar-refractivity contribution in [3.63, 3.8) is 0 Å². The van der Waals surface area contributed by atoms with Gasteiger partial charge in [-0.1, -0.05) is 0 Å². The Kier molecular flexibility index (Phi) is 4.30. The molecule has 0 aromatic heterocycles. The summed E-state index contributed by atoms with van der Waals surface area (Å²) in [6.45, 7) is 0.656. The number of hydrogen-bond acceptors (Lipinski definition) is 3. The highest BCUT2D eigenvalue weighted by Gasteiger charge is 2.42. The van der Waals surface area contributed by atoms with Crippen LogP contribution in [0.15, 0.2) is 18.2 Å². The number of nitrogens with zero attached hydrogens (tertiary/aromatic N) is 2. The molecule has 124 valence electrons. The first-order valence-corrected chi connectivity index (χ1v) is 7.70. The van der Waals surface area contributed by atoms with Gasteiger partial charge in [0, 0.05) is 24.8 Å². The van der Waals surface area contributed by atoms with Crippen LogP contribution < -0.4 is 4.90 Å². The van der Waals surface area contributed by atoms with E-state index >= 15 is 0 Å². The van der Waals surface area contributed by atoms with Crippen LogP contribution in [0.3, 0.4) is 0 Å². The van der Waals surface area contributed by atoms with Crippen molar-refractivity contribution in [3.05, 3.63) is 29.8 Å². The molecular formula is C16H18F2N2O3. The molecular weight excluding hydrogens is 306 g/mol. The number of amides is 2. The lowest BCUT2D eigenvalue weighted by Crippen LogP contribution is -2.43. The Balaban J connectivity index is 1.77. The molecule has 0 saturated carbocycles. The van der Waals surface area contributed by atoms with E-state index < -0.39 is 23.5 Å². The largest absolute Gasteiger partial charge is 0.394 e. The predicted octanol–water partition coefficient (Wildman–Crippen LogP) is 1.30. The third-order valence-corrected chi connectivity index (χ3v) is 4.53. The number of aliphatic hydroxyl groups is 1. The number of halogens is 2. The Hall–Kier alpha value is -2.02. The maximum atomic E-state index is 13.3. The number of carbonyl (C=O) groups excluding carboxylic acids is 2. The van der Waals surface area contributed by atoms with Crippen LogP contribution in [0, 0.1) is 17.6 Å². The maximum Gasteiger partial charge on any atom is 0.239 e. The van der Waals surface area contributed by atoms with E-state index in [4.69, 9.17) is 0 Å². The standard InChI is InChI=1S/C16H18F2N2O3/c17-10-6-11(18)8-13(7-10)20-5-3-14(16(20)23)15(22)19-4-1-2-12(19)9-21/h6-8,12,14,21H,1-5,9H2/t12-,14?/m1/s1. The molecule has 2 atom stereocenters. The molecule has 0 aliphatic carbocycles. The summed E-state index contributed by atoms with van der Waals surface area (Å²) in [7, 11) is 0. The van der Waals surface area contributed by atoms with Crippen LogP contribution in [0.5, 0.6) is 0 Å². The molecule has 23 heavy (non-hydrogen) atoms. The van der Waals surface area contributed by atoms with Crippen LogP contribution in [-0.4, -0.2) is 47.6 Å². The number of benzene rings is 1. The minimum atomic E-state index is -0.839. The molecule has 0 spiro atoms. The Morgan fingerprint density at radius 2 is 1.87 bits per heavy atom. The summed E-state index contributed by atoms with van der Waals surface area (Å²) < 4.78 is 26.7. The first-order chi connectivity index (χ1) is 11.0. The summed E-state index contributed by atoms with van der Waals surface area (Å²) in [6.07, 6.45) is 1.84. The Morgan fingerprint density at radius 1 is 1.17 bits per heavy atom. The zero-order valence-corrected chi connectivity index (χ0v) is 12.5. The van der Waals surface area contributed by atoms with Crippen molar-refractivity contribution in [2.45, 2.75) is 25.3 Å².